The standard InChI is InChI=1S/C12H13Cl2NO4S/c13-10-4-11(14)15-5-8(10)3-9(12(16)17)7-1-2-20(18,19)6-7/h4-5,7,9H,1-3,6H2,(H,16,17). The fourth-order valence-electron chi connectivity index (χ4n) is 2.42. The average molecular weight is 338 g/mol. The summed E-state index contributed by atoms with van der Waals surface area (Å²) in [6.45, 7) is 0. The zero-order valence-corrected chi connectivity index (χ0v) is 12.7. The van der Waals surface area contributed by atoms with Gasteiger partial charge in [-0.15, -0.1) is 0 Å². The number of hydrogen-bond donors (Lipinski definition) is 1. The van der Waals surface area contributed by atoms with Gasteiger partial charge in [0.1, 0.15) is 5.15 Å². The maximum Gasteiger partial charge on any atom is 0.307 e. The Bertz CT molecular complexity index is 632. The number of nitrogens with zero attached hydrogens (tertiary/aromatic N) is 1. The lowest BCUT2D eigenvalue weighted by Gasteiger charge is -2.18. The van der Waals surface area contributed by atoms with E-state index in [9.17, 15) is 18.3 Å². The van der Waals surface area contributed by atoms with Crippen LogP contribution in [0.25, 0.3) is 0 Å². The highest BCUT2D eigenvalue weighted by atomic mass is 35.5. The molecule has 110 valence electrons. The van der Waals surface area contributed by atoms with Crippen LogP contribution >= 0.6 is 23.2 Å². The summed E-state index contributed by atoms with van der Waals surface area (Å²) in [6, 6.07) is 1.45. The molecule has 5 nitrogen and oxygen atoms in total. The smallest absolute Gasteiger partial charge is 0.307 e. The molecule has 0 aliphatic carbocycles. The van der Waals surface area contributed by atoms with Crippen molar-refractivity contribution < 1.29 is 18.3 Å². The summed E-state index contributed by atoms with van der Waals surface area (Å²) in [5, 5.41) is 9.90. The number of aromatic nitrogens is 1. The van der Waals surface area contributed by atoms with Crippen molar-refractivity contribution in [3.05, 3.63) is 28.0 Å². The van der Waals surface area contributed by atoms with Crippen LogP contribution in [-0.4, -0.2) is 36.0 Å². The predicted octanol–water partition coefficient (Wildman–Crippen LogP) is 2.07. The molecule has 0 spiro atoms. The van der Waals surface area contributed by atoms with Gasteiger partial charge >= 0.3 is 5.97 Å². The van der Waals surface area contributed by atoms with E-state index in [1.54, 1.807) is 0 Å². The van der Waals surface area contributed by atoms with Crippen LogP contribution in [-0.2, 0) is 21.1 Å². The second kappa shape index (κ2) is 5.87. The molecule has 2 heterocycles. The molecule has 2 atom stereocenters. The van der Waals surface area contributed by atoms with E-state index >= 15 is 0 Å². The number of carbonyl (C=O) groups is 1. The van der Waals surface area contributed by atoms with Gasteiger partial charge < -0.3 is 5.11 Å². The number of sulfone groups is 1. The Morgan fingerprint density at radius 2 is 2.20 bits per heavy atom. The van der Waals surface area contributed by atoms with Gasteiger partial charge in [0.2, 0.25) is 0 Å². The Morgan fingerprint density at radius 3 is 2.70 bits per heavy atom. The van der Waals surface area contributed by atoms with E-state index in [-0.39, 0.29) is 29.0 Å². The van der Waals surface area contributed by atoms with Crippen LogP contribution in [0.2, 0.25) is 10.2 Å². The molecular weight excluding hydrogens is 325 g/mol. The molecule has 1 aliphatic heterocycles. The van der Waals surface area contributed by atoms with Gasteiger partial charge in [-0.2, -0.15) is 0 Å². The Balaban J connectivity index is 2.20. The second-order valence-electron chi connectivity index (χ2n) is 4.91. The molecule has 0 bridgehead atoms. The normalized spacial score (nSPS) is 22.6. The van der Waals surface area contributed by atoms with E-state index in [2.05, 4.69) is 4.98 Å². The molecule has 1 aromatic heterocycles. The number of halogens is 2. The topological polar surface area (TPSA) is 84.3 Å². The predicted molar refractivity (Wildman–Crippen MR) is 75.8 cm³/mol. The molecule has 0 radical (unpaired) electrons. The molecule has 2 rings (SSSR count). The average Bonchev–Trinajstić information content (AvgIpc) is 2.68. The largest absolute Gasteiger partial charge is 0.481 e. The van der Waals surface area contributed by atoms with E-state index in [0.717, 1.165) is 0 Å². The third-order valence-corrected chi connectivity index (χ3v) is 5.84. The van der Waals surface area contributed by atoms with E-state index in [1.165, 1.54) is 12.3 Å². The van der Waals surface area contributed by atoms with Crippen molar-refractivity contribution in [1.29, 1.82) is 0 Å². The monoisotopic (exact) mass is 337 g/mol. The van der Waals surface area contributed by atoms with Crippen LogP contribution < -0.4 is 0 Å². The summed E-state index contributed by atoms with van der Waals surface area (Å²) in [6.07, 6.45) is 1.96. The van der Waals surface area contributed by atoms with E-state index in [0.29, 0.717) is 17.0 Å². The Kier molecular flexibility index (Phi) is 4.56. The minimum absolute atomic E-state index is 0.0496. The van der Waals surface area contributed by atoms with E-state index in [1.807, 2.05) is 0 Å². The summed E-state index contributed by atoms with van der Waals surface area (Å²) in [5.41, 5.74) is 0.563. The van der Waals surface area contributed by atoms with Crippen molar-refractivity contribution in [3.8, 4) is 0 Å². The highest BCUT2D eigenvalue weighted by molar-refractivity contribution is 7.91. The maximum absolute atomic E-state index is 11.5. The number of carboxylic acids is 1. The molecular formula is C12H13Cl2NO4S. The molecule has 1 fully saturated rings. The van der Waals surface area contributed by atoms with Crippen LogP contribution in [0.5, 0.6) is 0 Å². The number of hydrogen-bond acceptors (Lipinski definition) is 4. The number of carboxylic acid groups (broad SMARTS) is 1. The molecule has 1 aliphatic rings. The summed E-state index contributed by atoms with van der Waals surface area (Å²) in [4.78, 5) is 15.3. The van der Waals surface area contributed by atoms with Crippen LogP contribution in [0, 0.1) is 11.8 Å². The lowest BCUT2D eigenvalue weighted by Crippen LogP contribution is -2.27. The Morgan fingerprint density at radius 1 is 1.50 bits per heavy atom. The number of rotatable bonds is 4. The van der Waals surface area contributed by atoms with Crippen molar-refractivity contribution in [2.24, 2.45) is 11.8 Å². The fraction of sp³-hybridized carbons (Fsp3) is 0.500. The van der Waals surface area contributed by atoms with Gasteiger partial charge in [0.05, 0.1) is 17.4 Å². The highest BCUT2D eigenvalue weighted by Gasteiger charge is 2.37. The summed E-state index contributed by atoms with van der Waals surface area (Å²) in [7, 11) is -3.12. The zero-order valence-electron chi connectivity index (χ0n) is 10.4. The molecule has 1 aromatic rings. The first-order valence-corrected chi connectivity index (χ1v) is 8.59. The van der Waals surface area contributed by atoms with Gasteiger partial charge in [-0.25, -0.2) is 13.4 Å². The second-order valence-corrected chi connectivity index (χ2v) is 7.93. The van der Waals surface area contributed by atoms with Crippen LogP contribution in [0.3, 0.4) is 0 Å². The van der Waals surface area contributed by atoms with Crippen LogP contribution in [0.15, 0.2) is 12.3 Å². The molecule has 2 unspecified atom stereocenters. The molecule has 20 heavy (non-hydrogen) atoms. The fourth-order valence-corrected chi connectivity index (χ4v) is 4.74. The molecule has 0 saturated carbocycles. The minimum atomic E-state index is -3.12. The zero-order chi connectivity index (χ0) is 14.9. The van der Waals surface area contributed by atoms with Crippen LogP contribution in [0.4, 0.5) is 0 Å². The number of pyridine rings is 1. The van der Waals surface area contributed by atoms with Gasteiger partial charge in [0.15, 0.2) is 9.84 Å². The SMILES string of the molecule is O=C(O)C(Cc1cnc(Cl)cc1Cl)C1CCS(=O)(=O)C1. The highest BCUT2D eigenvalue weighted by Crippen LogP contribution is 2.31. The lowest BCUT2D eigenvalue weighted by atomic mass is 9.87. The first kappa shape index (κ1) is 15.5. The van der Waals surface area contributed by atoms with Crippen molar-refractivity contribution in [1.82, 2.24) is 4.98 Å². The first-order chi connectivity index (χ1) is 9.28. The third kappa shape index (κ3) is 3.62. The molecule has 0 aromatic carbocycles. The minimum Gasteiger partial charge on any atom is -0.481 e. The van der Waals surface area contributed by atoms with Crippen molar-refractivity contribution in [2.75, 3.05) is 11.5 Å². The van der Waals surface area contributed by atoms with Gasteiger partial charge in [0.25, 0.3) is 0 Å². The quantitative estimate of drug-likeness (QED) is 0.850. The lowest BCUT2D eigenvalue weighted by molar-refractivity contribution is -0.143. The van der Waals surface area contributed by atoms with E-state index < -0.39 is 21.7 Å². The summed E-state index contributed by atoms with van der Waals surface area (Å²) >= 11 is 11.7. The molecule has 0 amide bonds. The molecule has 8 heteroatoms. The Labute approximate surface area is 126 Å². The van der Waals surface area contributed by atoms with Gasteiger partial charge in [-0.3, -0.25) is 4.79 Å². The van der Waals surface area contributed by atoms with Gasteiger partial charge in [-0.1, -0.05) is 23.2 Å². The Hall–Kier alpha value is -0.850. The third-order valence-electron chi connectivity index (χ3n) is 3.49. The molecule has 1 N–H and O–H groups in total. The summed E-state index contributed by atoms with van der Waals surface area (Å²) in [5.74, 6) is -2.22. The van der Waals surface area contributed by atoms with Crippen molar-refractivity contribution in [3.63, 3.8) is 0 Å². The number of aliphatic carboxylic acids is 1. The van der Waals surface area contributed by atoms with E-state index in [4.69, 9.17) is 23.2 Å². The summed E-state index contributed by atoms with van der Waals surface area (Å²) < 4.78 is 23.0. The van der Waals surface area contributed by atoms with Crippen LogP contribution in [0.1, 0.15) is 12.0 Å². The van der Waals surface area contributed by atoms with Gasteiger partial charge in [0, 0.05) is 11.2 Å². The van der Waals surface area contributed by atoms with Crippen molar-refractivity contribution in [2.45, 2.75) is 12.8 Å². The molecule has 1 saturated heterocycles. The van der Waals surface area contributed by atoms with Crippen molar-refractivity contribution >= 4 is 39.0 Å². The maximum atomic E-state index is 11.5. The first-order valence-electron chi connectivity index (χ1n) is 6.01. The van der Waals surface area contributed by atoms with Gasteiger partial charge in [-0.05, 0) is 30.4 Å².